The number of halogens is 1. The van der Waals surface area contributed by atoms with Crippen molar-refractivity contribution in [2.75, 3.05) is 18.9 Å². The first-order valence-electron chi connectivity index (χ1n) is 15.4. The summed E-state index contributed by atoms with van der Waals surface area (Å²) in [6.07, 6.45) is -1.88. The van der Waals surface area contributed by atoms with Crippen LogP contribution in [0.2, 0.25) is 18.1 Å². The van der Waals surface area contributed by atoms with Gasteiger partial charge in [0.1, 0.15) is 48.1 Å². The predicted molar refractivity (Wildman–Crippen MR) is 189 cm³/mol. The Morgan fingerprint density at radius 3 is 2.44 bits per heavy atom. The van der Waals surface area contributed by atoms with Crippen molar-refractivity contribution in [3.8, 4) is 0 Å². The van der Waals surface area contributed by atoms with Crippen molar-refractivity contribution in [2.45, 2.75) is 87.8 Å². The molecule has 24 heteroatoms. The molecule has 0 radical (unpaired) electrons. The van der Waals surface area contributed by atoms with Gasteiger partial charge < -0.3 is 19.6 Å². The standard InChI is InChI=1S/C26H36ClN9O9P2S2Si/c1-13-15-21(31-9-29-13)35(11-33-15)23-17-18(45-50(5,6)25(2,3)4)24(41-23)44-47(38,49)43-19-14(7-40-46(37,48)42-17)39-8-26(19,27)36-12-34-16-20(28)30-10-32-22(16)36/h9-12,14,17-19,23-24H,7-8H2,1-6H3,(H,37,48)(H,38,49)(H2,28,30,32)/t14-,17-,18?,19-,23-,24-,26-,46?,47?/m1/s1. The van der Waals surface area contributed by atoms with E-state index in [0.29, 0.717) is 16.9 Å². The van der Waals surface area contributed by atoms with Gasteiger partial charge >= 0.3 is 13.6 Å². The molecule has 4 aromatic rings. The van der Waals surface area contributed by atoms with E-state index in [0.717, 1.165) is 0 Å². The van der Waals surface area contributed by atoms with Crippen LogP contribution in [0.5, 0.6) is 0 Å². The maximum atomic E-state index is 14.4. The van der Waals surface area contributed by atoms with Gasteiger partial charge in [0, 0.05) is 0 Å². The molecule has 3 fully saturated rings. The Morgan fingerprint density at radius 1 is 1.00 bits per heavy atom. The zero-order chi connectivity index (χ0) is 36.0. The van der Waals surface area contributed by atoms with Gasteiger partial charge in [-0.25, -0.2) is 39.0 Å². The molecule has 0 amide bonds. The largest absolute Gasteiger partial charge is 0.406 e. The Labute approximate surface area is 303 Å². The Kier molecular flexibility index (Phi) is 9.31. The predicted octanol–water partition coefficient (Wildman–Crippen LogP) is 4.99. The molecular weight excluding hydrogens is 772 g/mol. The van der Waals surface area contributed by atoms with Crippen molar-refractivity contribution in [1.29, 1.82) is 0 Å². The zero-order valence-electron chi connectivity index (χ0n) is 27.7. The second-order valence-corrected chi connectivity index (χ2v) is 24.8. The lowest BCUT2D eigenvalue weighted by atomic mass is 10.1. The summed E-state index contributed by atoms with van der Waals surface area (Å²) in [6, 6.07) is 0. The molecule has 3 saturated heterocycles. The van der Waals surface area contributed by atoms with E-state index in [4.69, 9.17) is 49.3 Å². The summed E-state index contributed by atoms with van der Waals surface area (Å²) in [5.41, 5.74) is 8.04. The minimum atomic E-state index is -4.44. The minimum Gasteiger partial charge on any atom is -0.406 e. The molecule has 2 bridgehead atoms. The molecule has 3 aliphatic rings. The van der Waals surface area contributed by atoms with Crippen LogP contribution in [-0.2, 0) is 46.1 Å². The lowest BCUT2D eigenvalue weighted by molar-refractivity contribution is -0.127. The van der Waals surface area contributed by atoms with E-state index in [-0.39, 0.29) is 28.6 Å². The molecule has 4 aromatic heterocycles. The zero-order valence-corrected chi connectivity index (χ0v) is 33.0. The maximum absolute atomic E-state index is 14.4. The number of rotatable bonds is 4. The number of aromatic nitrogens is 8. The summed E-state index contributed by atoms with van der Waals surface area (Å²) in [5.74, 6) is 0.117. The molecule has 3 unspecified atom stereocenters. The molecule has 7 rings (SSSR count). The van der Waals surface area contributed by atoms with Crippen LogP contribution in [0, 0.1) is 6.92 Å². The number of ether oxygens (including phenoxy) is 2. The smallest absolute Gasteiger partial charge is 0.389 e. The van der Waals surface area contributed by atoms with E-state index in [9.17, 15) is 9.13 Å². The molecule has 9 atom stereocenters. The van der Waals surface area contributed by atoms with Crippen LogP contribution >= 0.6 is 49.7 Å². The Morgan fingerprint density at radius 2 is 1.70 bits per heavy atom. The molecule has 0 aliphatic carbocycles. The third-order valence-electron chi connectivity index (χ3n) is 9.38. The fraction of sp³-hybridized carbons (Fsp3) is 0.615. The molecule has 2 N–H and O–H groups in total. The first-order chi connectivity index (χ1) is 23.3. The van der Waals surface area contributed by atoms with Gasteiger partial charge in [-0.1, -0.05) is 56.9 Å². The highest BCUT2D eigenvalue weighted by Gasteiger charge is 2.59. The van der Waals surface area contributed by atoms with Crippen molar-refractivity contribution in [3.05, 3.63) is 31.0 Å². The summed E-state index contributed by atoms with van der Waals surface area (Å²) in [5, 5.41) is -0.312. The first kappa shape index (κ1) is 36.6. The van der Waals surface area contributed by atoms with Crippen LogP contribution in [0.25, 0.3) is 22.3 Å². The number of thiol groups is 2. The summed E-state index contributed by atoms with van der Waals surface area (Å²) >= 11 is 16.0. The Hall–Kier alpha value is -1.71. The molecule has 50 heavy (non-hydrogen) atoms. The monoisotopic (exact) mass is 807 g/mol. The van der Waals surface area contributed by atoms with Crippen LogP contribution in [0.1, 0.15) is 32.7 Å². The van der Waals surface area contributed by atoms with Gasteiger partial charge in [-0.2, -0.15) is 0 Å². The van der Waals surface area contributed by atoms with Crippen LogP contribution in [0.3, 0.4) is 0 Å². The van der Waals surface area contributed by atoms with Crippen LogP contribution in [0.15, 0.2) is 25.3 Å². The molecule has 0 saturated carbocycles. The van der Waals surface area contributed by atoms with E-state index < -0.39 is 70.5 Å². The van der Waals surface area contributed by atoms with Crippen LogP contribution in [0.4, 0.5) is 5.82 Å². The average Bonchev–Trinajstić information content (AvgIpc) is 3.78. The van der Waals surface area contributed by atoms with Gasteiger partial charge in [0.25, 0.3) is 0 Å². The van der Waals surface area contributed by atoms with E-state index in [2.05, 4.69) is 54.4 Å². The van der Waals surface area contributed by atoms with Crippen molar-refractivity contribution < 1.29 is 41.1 Å². The van der Waals surface area contributed by atoms with Gasteiger partial charge in [-0.05, 0) is 25.1 Å². The number of nitrogens with zero attached hydrogens (tertiary/aromatic N) is 8. The number of nitrogen functional groups attached to an aromatic ring is 1. The van der Waals surface area contributed by atoms with Crippen molar-refractivity contribution >= 4 is 86.2 Å². The number of alkyl halides is 1. The highest BCUT2D eigenvalue weighted by Crippen LogP contribution is 2.63. The molecule has 3 aliphatic heterocycles. The van der Waals surface area contributed by atoms with Gasteiger partial charge in [0.05, 0.1) is 31.6 Å². The van der Waals surface area contributed by atoms with Gasteiger partial charge in [-0.15, -0.1) is 0 Å². The number of anilines is 1. The first-order valence-corrected chi connectivity index (χ1v) is 24.1. The molecule has 272 valence electrons. The Bertz CT molecular complexity index is 2060. The van der Waals surface area contributed by atoms with Crippen molar-refractivity contribution in [1.82, 2.24) is 39.0 Å². The van der Waals surface area contributed by atoms with Crippen LogP contribution in [-0.4, -0.2) is 91.3 Å². The second kappa shape index (κ2) is 12.7. The fourth-order valence-electron chi connectivity index (χ4n) is 5.77. The van der Waals surface area contributed by atoms with E-state index in [1.54, 1.807) is 11.5 Å². The van der Waals surface area contributed by atoms with Gasteiger partial charge in [0.2, 0.25) is 0 Å². The molecular formula is C26H36ClN9O9P2S2Si. The molecule has 18 nitrogen and oxygen atoms in total. The van der Waals surface area contributed by atoms with E-state index in [1.807, 2.05) is 33.9 Å². The lowest BCUT2D eigenvalue weighted by Crippen LogP contribution is -2.50. The topological polar surface area (TPSA) is 212 Å². The quantitative estimate of drug-likeness (QED) is 0.107. The maximum Gasteiger partial charge on any atom is 0.389 e. The number of hydrogen-bond donors (Lipinski definition) is 3. The Balaban J connectivity index is 1.32. The van der Waals surface area contributed by atoms with Gasteiger partial charge in [-0.3, -0.25) is 27.2 Å². The minimum absolute atomic E-state index is 0.117. The second-order valence-electron chi connectivity index (χ2n) is 13.7. The third kappa shape index (κ3) is 6.45. The highest BCUT2D eigenvalue weighted by molar-refractivity contribution is 8.44. The fourth-order valence-corrected chi connectivity index (χ4v) is 10.6. The number of hydrogen-bond acceptors (Lipinski definition) is 16. The number of fused-ring (bicyclic) bond motifs is 5. The summed E-state index contributed by atoms with van der Waals surface area (Å²) in [6.45, 7) is 2.56. The SMILES string of the molecule is Cc1ncnc2c1ncn2[C@@H]1O[C@@H]2OP(=O)(S)O[C@@H]3[C@@H](COP(=O)(S)O[C@@H]1C2O[Si](C)(C)C(C)(C)C)OC[C@@]3(Cl)n1cnc2c(N)ncnc21. The number of nitrogens with two attached hydrogens (primary N) is 1. The molecule has 0 spiro atoms. The average molecular weight is 808 g/mol. The van der Waals surface area contributed by atoms with Crippen LogP contribution < -0.4 is 5.73 Å². The summed E-state index contributed by atoms with van der Waals surface area (Å²) < 4.78 is 75.0. The summed E-state index contributed by atoms with van der Waals surface area (Å²) in [4.78, 5) is 24.0. The van der Waals surface area contributed by atoms with Gasteiger partial charge in [0.15, 0.2) is 42.9 Å². The number of aryl methyl sites for hydroxylation is 1. The third-order valence-corrected chi connectivity index (χ3v) is 17.5. The van der Waals surface area contributed by atoms with Crippen molar-refractivity contribution in [3.63, 3.8) is 0 Å². The highest BCUT2D eigenvalue weighted by atomic mass is 35.5. The molecule has 7 heterocycles. The normalized spacial score (nSPS) is 35.6. The number of imidazole rings is 2. The molecule has 0 aromatic carbocycles. The van der Waals surface area contributed by atoms with Crippen molar-refractivity contribution in [2.24, 2.45) is 0 Å². The lowest BCUT2D eigenvalue weighted by Gasteiger charge is -2.41. The van der Waals surface area contributed by atoms with E-state index >= 15 is 0 Å². The van der Waals surface area contributed by atoms with E-state index in [1.165, 1.54) is 29.9 Å². The summed E-state index contributed by atoms with van der Waals surface area (Å²) in [7, 11) is -2.68.